The molecule has 1 aromatic carbocycles. The predicted molar refractivity (Wildman–Crippen MR) is 101 cm³/mol. The second-order valence-electron chi connectivity index (χ2n) is 6.98. The van der Waals surface area contributed by atoms with E-state index in [-0.39, 0.29) is 18.1 Å². The summed E-state index contributed by atoms with van der Waals surface area (Å²) < 4.78 is 14.8. The number of hydrogen-bond acceptors (Lipinski definition) is 4. The molecule has 1 amide bonds. The number of aliphatic hydroxyl groups excluding tert-OH is 1. The number of benzene rings is 1. The number of rotatable bonds is 6. The number of aliphatic hydroxyl groups is 1. The summed E-state index contributed by atoms with van der Waals surface area (Å²) in [6, 6.07) is 8.28. The lowest BCUT2D eigenvalue weighted by atomic mass is 10.1. The third-order valence-electron chi connectivity index (χ3n) is 4.65. The van der Waals surface area contributed by atoms with E-state index < -0.39 is 6.10 Å². The number of halogens is 1. The van der Waals surface area contributed by atoms with Gasteiger partial charge in [0.05, 0.1) is 24.4 Å². The van der Waals surface area contributed by atoms with E-state index in [2.05, 4.69) is 16.1 Å². The molecule has 1 aliphatic heterocycles. The summed E-state index contributed by atoms with van der Waals surface area (Å²) in [5.41, 5.74) is 2.54. The molecule has 0 bridgehead atoms. The number of aromatic nitrogens is 2. The Hall–Kier alpha value is -2.51. The highest BCUT2D eigenvalue weighted by Gasteiger charge is 2.22. The Morgan fingerprint density at radius 3 is 2.78 bits per heavy atom. The van der Waals surface area contributed by atoms with Crippen molar-refractivity contribution >= 4 is 12.0 Å². The third kappa shape index (κ3) is 5.02. The molecule has 6 nitrogen and oxygen atoms in total. The maximum Gasteiger partial charge on any atom is 0.225 e. The molecule has 0 aliphatic carbocycles. The van der Waals surface area contributed by atoms with Gasteiger partial charge < -0.3 is 10.0 Å². The van der Waals surface area contributed by atoms with Crippen LogP contribution in [0.2, 0.25) is 0 Å². The topological polar surface area (TPSA) is 61.6 Å². The first kappa shape index (κ1) is 19.3. The van der Waals surface area contributed by atoms with Crippen LogP contribution in [0.3, 0.4) is 0 Å². The largest absolute Gasteiger partial charge is 0.386 e. The lowest BCUT2D eigenvalue weighted by molar-refractivity contribution is -0.130. The molecule has 0 radical (unpaired) electrons. The first-order valence-electron chi connectivity index (χ1n) is 9.01. The maximum absolute atomic E-state index is 12.9. The van der Waals surface area contributed by atoms with Gasteiger partial charge in [-0.3, -0.25) is 14.4 Å². The molecule has 0 saturated carbocycles. The van der Waals surface area contributed by atoms with E-state index in [1.165, 1.54) is 17.0 Å². The molecule has 0 spiro atoms. The number of nitrogens with zero attached hydrogens (tertiary/aromatic N) is 4. The minimum absolute atomic E-state index is 0.0353. The summed E-state index contributed by atoms with van der Waals surface area (Å²) >= 11 is 0. The molecule has 27 heavy (non-hydrogen) atoms. The van der Waals surface area contributed by atoms with Crippen LogP contribution in [0.1, 0.15) is 29.5 Å². The highest BCUT2D eigenvalue weighted by atomic mass is 19.1. The third-order valence-corrected chi connectivity index (χ3v) is 4.65. The van der Waals surface area contributed by atoms with Gasteiger partial charge in [-0.05, 0) is 23.8 Å². The van der Waals surface area contributed by atoms with E-state index in [1.807, 2.05) is 16.8 Å². The Balaban J connectivity index is 1.57. The van der Waals surface area contributed by atoms with Crippen molar-refractivity contribution in [3.63, 3.8) is 0 Å². The van der Waals surface area contributed by atoms with Crippen LogP contribution in [-0.2, 0) is 17.9 Å². The van der Waals surface area contributed by atoms with Crippen LogP contribution in [0.5, 0.6) is 0 Å². The zero-order valence-corrected chi connectivity index (χ0v) is 15.7. The van der Waals surface area contributed by atoms with Crippen molar-refractivity contribution in [1.29, 1.82) is 0 Å². The molecule has 0 saturated heterocycles. The lowest BCUT2D eigenvalue weighted by Gasteiger charge is -2.26. The number of hydrogen-bond donors (Lipinski definition) is 1. The van der Waals surface area contributed by atoms with E-state index in [9.17, 15) is 14.3 Å². The highest BCUT2D eigenvalue weighted by Crippen LogP contribution is 2.21. The molecule has 2 heterocycles. The van der Waals surface area contributed by atoms with Crippen LogP contribution < -0.4 is 0 Å². The zero-order chi connectivity index (χ0) is 19.4. The SMILES string of the molecule is CN(C)C(=O)CC(O)c1cc2n(n1)CCN(C/C=C/c1ccc(F)cc1)C2. The van der Waals surface area contributed by atoms with Crippen molar-refractivity contribution in [2.24, 2.45) is 0 Å². The van der Waals surface area contributed by atoms with Crippen LogP contribution >= 0.6 is 0 Å². The molecular weight excluding hydrogens is 347 g/mol. The molecule has 3 rings (SSSR count). The fourth-order valence-corrected chi connectivity index (χ4v) is 3.03. The van der Waals surface area contributed by atoms with Crippen molar-refractivity contribution in [2.45, 2.75) is 25.6 Å². The second kappa shape index (κ2) is 8.45. The molecule has 2 aromatic rings. The quantitative estimate of drug-likeness (QED) is 0.843. The molecule has 1 atom stereocenters. The van der Waals surface area contributed by atoms with E-state index >= 15 is 0 Å². The van der Waals surface area contributed by atoms with Crippen LogP contribution in [0, 0.1) is 5.82 Å². The Morgan fingerprint density at radius 1 is 1.33 bits per heavy atom. The van der Waals surface area contributed by atoms with Gasteiger partial charge in [-0.15, -0.1) is 0 Å². The molecule has 0 fully saturated rings. The van der Waals surface area contributed by atoms with Crippen LogP contribution in [0.4, 0.5) is 4.39 Å². The fourth-order valence-electron chi connectivity index (χ4n) is 3.03. The van der Waals surface area contributed by atoms with Crippen molar-refractivity contribution < 1.29 is 14.3 Å². The summed E-state index contributed by atoms with van der Waals surface area (Å²) in [5.74, 6) is -0.359. The van der Waals surface area contributed by atoms with E-state index in [0.29, 0.717) is 5.69 Å². The molecule has 7 heteroatoms. The maximum atomic E-state index is 12.9. The van der Waals surface area contributed by atoms with Crippen molar-refractivity contribution in [2.75, 3.05) is 27.2 Å². The van der Waals surface area contributed by atoms with Gasteiger partial charge in [-0.2, -0.15) is 5.10 Å². The minimum Gasteiger partial charge on any atom is -0.386 e. The van der Waals surface area contributed by atoms with Gasteiger partial charge in [0.25, 0.3) is 0 Å². The molecule has 1 unspecified atom stereocenters. The van der Waals surface area contributed by atoms with E-state index in [4.69, 9.17) is 0 Å². The summed E-state index contributed by atoms with van der Waals surface area (Å²) in [7, 11) is 3.34. The van der Waals surface area contributed by atoms with Crippen molar-refractivity contribution in [3.8, 4) is 0 Å². The molecule has 1 aliphatic rings. The number of carbonyl (C=O) groups excluding carboxylic acids is 1. The Morgan fingerprint density at radius 2 is 2.07 bits per heavy atom. The summed E-state index contributed by atoms with van der Waals surface area (Å²) in [4.78, 5) is 15.5. The molecular formula is C20H25FN4O2. The van der Waals surface area contributed by atoms with Crippen molar-refractivity contribution in [3.05, 3.63) is 59.2 Å². The van der Waals surface area contributed by atoms with Gasteiger partial charge >= 0.3 is 0 Å². The number of fused-ring (bicyclic) bond motifs is 1. The summed E-state index contributed by atoms with van der Waals surface area (Å²) in [5, 5.41) is 14.7. The molecule has 1 N–H and O–H groups in total. The predicted octanol–water partition coefficient (Wildman–Crippen LogP) is 2.06. The minimum atomic E-state index is -0.884. The average Bonchev–Trinajstić information content (AvgIpc) is 3.07. The lowest BCUT2D eigenvalue weighted by Crippen LogP contribution is -2.33. The van der Waals surface area contributed by atoms with E-state index in [0.717, 1.165) is 37.4 Å². The van der Waals surface area contributed by atoms with Gasteiger partial charge in [0.1, 0.15) is 11.9 Å². The zero-order valence-electron chi connectivity index (χ0n) is 15.7. The number of amides is 1. The highest BCUT2D eigenvalue weighted by molar-refractivity contribution is 5.76. The van der Waals surface area contributed by atoms with Gasteiger partial charge in [-0.25, -0.2) is 4.39 Å². The van der Waals surface area contributed by atoms with Gasteiger partial charge in [0.15, 0.2) is 0 Å². The standard InChI is InChI=1S/C20H25FN4O2/c1-23(2)20(27)13-19(26)18-12-17-14-24(10-11-25(17)22-18)9-3-4-15-5-7-16(21)8-6-15/h3-8,12,19,26H,9-11,13-14H2,1-2H3/b4-3+. The average molecular weight is 372 g/mol. The first-order chi connectivity index (χ1) is 12.9. The number of carbonyl (C=O) groups is 1. The Bertz CT molecular complexity index is 814. The van der Waals surface area contributed by atoms with Crippen LogP contribution in [0.15, 0.2) is 36.4 Å². The second-order valence-corrected chi connectivity index (χ2v) is 6.98. The van der Waals surface area contributed by atoms with Gasteiger partial charge in [0, 0.05) is 33.7 Å². The normalized spacial score (nSPS) is 15.7. The van der Waals surface area contributed by atoms with E-state index in [1.54, 1.807) is 26.2 Å². The Labute approximate surface area is 158 Å². The molecule has 144 valence electrons. The summed E-state index contributed by atoms with van der Waals surface area (Å²) in [6.07, 6.45) is 3.19. The van der Waals surface area contributed by atoms with Gasteiger partial charge in [-0.1, -0.05) is 24.3 Å². The van der Waals surface area contributed by atoms with Gasteiger partial charge in [0.2, 0.25) is 5.91 Å². The van der Waals surface area contributed by atoms with Crippen molar-refractivity contribution in [1.82, 2.24) is 19.6 Å². The first-order valence-corrected chi connectivity index (χ1v) is 9.01. The fraction of sp³-hybridized carbons (Fsp3) is 0.400. The van der Waals surface area contributed by atoms with Crippen LogP contribution in [-0.4, -0.2) is 57.8 Å². The Kier molecular flexibility index (Phi) is 6.03. The molecule has 1 aromatic heterocycles. The smallest absolute Gasteiger partial charge is 0.225 e. The van der Waals surface area contributed by atoms with Crippen LogP contribution in [0.25, 0.3) is 6.08 Å². The summed E-state index contributed by atoms with van der Waals surface area (Å²) in [6.45, 7) is 3.11. The monoisotopic (exact) mass is 372 g/mol.